The third kappa shape index (κ3) is 3.71. The van der Waals surface area contributed by atoms with Gasteiger partial charge in [0.25, 0.3) is 0 Å². The van der Waals surface area contributed by atoms with Crippen molar-refractivity contribution < 1.29 is 4.74 Å². The average molecular weight is 313 g/mol. The van der Waals surface area contributed by atoms with Crippen molar-refractivity contribution in [1.82, 2.24) is 14.9 Å². The van der Waals surface area contributed by atoms with Crippen LogP contribution in [0.1, 0.15) is 5.69 Å². The summed E-state index contributed by atoms with van der Waals surface area (Å²) in [6, 6.07) is 9.82. The summed E-state index contributed by atoms with van der Waals surface area (Å²) in [4.78, 5) is 13.8. The number of methoxy groups -OCH3 is 1. The summed E-state index contributed by atoms with van der Waals surface area (Å²) in [5.41, 5.74) is 1.82. The van der Waals surface area contributed by atoms with Gasteiger partial charge in [0, 0.05) is 37.9 Å². The first-order valence-corrected chi connectivity index (χ1v) is 7.85. The minimum Gasteiger partial charge on any atom is -0.495 e. The van der Waals surface area contributed by atoms with Crippen molar-refractivity contribution in [3.05, 3.63) is 36.0 Å². The molecule has 0 unspecified atom stereocenters. The van der Waals surface area contributed by atoms with E-state index in [1.165, 1.54) is 0 Å². The standard InChI is InChI=1S/C17H23N5O/c1-13-12-16(22-10-8-21(2)9-11-22)20-17(18-13)19-14-6-4-5-7-15(14)23-3/h4-7,12H,8-11H2,1-3H3,(H,18,19,20). The van der Waals surface area contributed by atoms with Crippen LogP contribution < -0.4 is 15.0 Å². The largest absolute Gasteiger partial charge is 0.495 e. The number of para-hydroxylation sites is 2. The molecule has 0 amide bonds. The number of piperazine rings is 1. The number of benzene rings is 1. The number of nitrogens with zero attached hydrogens (tertiary/aromatic N) is 4. The third-order valence-corrected chi connectivity index (χ3v) is 4.02. The Morgan fingerprint density at radius 3 is 2.57 bits per heavy atom. The second-order valence-electron chi connectivity index (χ2n) is 5.81. The fraction of sp³-hybridized carbons (Fsp3) is 0.412. The zero-order chi connectivity index (χ0) is 16.2. The molecule has 0 atom stereocenters. The number of likely N-dealkylation sites (N-methyl/N-ethyl adjacent to an activating group) is 1. The summed E-state index contributed by atoms with van der Waals surface area (Å²) in [5.74, 6) is 2.35. The van der Waals surface area contributed by atoms with Gasteiger partial charge in [0.05, 0.1) is 12.8 Å². The van der Waals surface area contributed by atoms with Crippen LogP contribution in [0.2, 0.25) is 0 Å². The average Bonchev–Trinajstić information content (AvgIpc) is 2.55. The van der Waals surface area contributed by atoms with Crippen LogP contribution in [0, 0.1) is 6.92 Å². The van der Waals surface area contributed by atoms with Gasteiger partial charge in [-0.05, 0) is 26.1 Å². The van der Waals surface area contributed by atoms with E-state index in [0.29, 0.717) is 5.95 Å². The molecule has 1 saturated heterocycles. The van der Waals surface area contributed by atoms with Crippen LogP contribution in [0.15, 0.2) is 30.3 Å². The lowest BCUT2D eigenvalue weighted by atomic mass is 10.3. The van der Waals surface area contributed by atoms with Crippen molar-refractivity contribution in [2.75, 3.05) is 50.6 Å². The molecular formula is C17H23N5O. The lowest BCUT2D eigenvalue weighted by Gasteiger charge is -2.33. The zero-order valence-corrected chi connectivity index (χ0v) is 13.9. The number of nitrogens with one attached hydrogen (secondary N) is 1. The highest BCUT2D eigenvalue weighted by atomic mass is 16.5. The predicted molar refractivity (Wildman–Crippen MR) is 92.8 cm³/mol. The lowest BCUT2D eigenvalue weighted by Crippen LogP contribution is -2.44. The van der Waals surface area contributed by atoms with Crippen molar-refractivity contribution in [3.63, 3.8) is 0 Å². The molecule has 0 bridgehead atoms. The first-order valence-electron chi connectivity index (χ1n) is 7.85. The molecule has 122 valence electrons. The minimum atomic E-state index is 0.600. The van der Waals surface area contributed by atoms with E-state index in [-0.39, 0.29) is 0 Å². The van der Waals surface area contributed by atoms with E-state index in [2.05, 4.69) is 32.1 Å². The van der Waals surface area contributed by atoms with E-state index in [0.717, 1.165) is 49.1 Å². The van der Waals surface area contributed by atoms with Gasteiger partial charge in [0.1, 0.15) is 11.6 Å². The monoisotopic (exact) mass is 313 g/mol. The van der Waals surface area contributed by atoms with Gasteiger partial charge in [0.2, 0.25) is 5.95 Å². The number of aryl methyl sites for hydroxylation is 1. The van der Waals surface area contributed by atoms with Crippen molar-refractivity contribution in [3.8, 4) is 5.75 Å². The summed E-state index contributed by atoms with van der Waals surface area (Å²) < 4.78 is 5.37. The Balaban J connectivity index is 1.83. The van der Waals surface area contributed by atoms with E-state index in [9.17, 15) is 0 Å². The Morgan fingerprint density at radius 1 is 1.09 bits per heavy atom. The molecule has 23 heavy (non-hydrogen) atoms. The number of aromatic nitrogens is 2. The molecule has 1 aliphatic rings. The number of ether oxygens (including phenoxy) is 1. The fourth-order valence-electron chi connectivity index (χ4n) is 2.67. The van der Waals surface area contributed by atoms with Crippen LogP contribution in [0.4, 0.5) is 17.5 Å². The summed E-state index contributed by atoms with van der Waals surface area (Å²) in [7, 11) is 3.81. The highest BCUT2D eigenvalue weighted by molar-refractivity contribution is 5.63. The zero-order valence-electron chi connectivity index (χ0n) is 13.9. The summed E-state index contributed by atoms with van der Waals surface area (Å²) in [5, 5.41) is 3.27. The smallest absolute Gasteiger partial charge is 0.229 e. The van der Waals surface area contributed by atoms with Gasteiger partial charge in [-0.1, -0.05) is 12.1 Å². The van der Waals surface area contributed by atoms with Crippen molar-refractivity contribution >= 4 is 17.5 Å². The van der Waals surface area contributed by atoms with E-state index < -0.39 is 0 Å². The highest BCUT2D eigenvalue weighted by Crippen LogP contribution is 2.26. The van der Waals surface area contributed by atoms with Crippen LogP contribution in [0.3, 0.4) is 0 Å². The molecule has 0 aliphatic carbocycles. The van der Waals surface area contributed by atoms with Crippen molar-refractivity contribution in [2.45, 2.75) is 6.92 Å². The molecule has 0 saturated carbocycles. The van der Waals surface area contributed by atoms with Crippen LogP contribution in [-0.2, 0) is 0 Å². The quantitative estimate of drug-likeness (QED) is 0.935. The maximum Gasteiger partial charge on any atom is 0.229 e. The van der Waals surface area contributed by atoms with Gasteiger partial charge in [0.15, 0.2) is 0 Å². The second-order valence-corrected chi connectivity index (χ2v) is 5.81. The molecule has 6 nitrogen and oxygen atoms in total. The maximum absolute atomic E-state index is 5.37. The molecule has 1 aliphatic heterocycles. The van der Waals surface area contributed by atoms with E-state index in [1.807, 2.05) is 37.3 Å². The molecule has 2 aromatic rings. The Hall–Kier alpha value is -2.34. The molecule has 6 heteroatoms. The van der Waals surface area contributed by atoms with Crippen LogP contribution >= 0.6 is 0 Å². The van der Waals surface area contributed by atoms with Crippen molar-refractivity contribution in [2.24, 2.45) is 0 Å². The molecule has 2 heterocycles. The number of hydrogen-bond acceptors (Lipinski definition) is 6. The molecule has 1 aromatic heterocycles. The molecule has 1 N–H and O–H groups in total. The highest BCUT2D eigenvalue weighted by Gasteiger charge is 2.16. The topological polar surface area (TPSA) is 53.5 Å². The van der Waals surface area contributed by atoms with Crippen molar-refractivity contribution in [1.29, 1.82) is 0 Å². The lowest BCUT2D eigenvalue weighted by molar-refractivity contribution is 0.312. The number of rotatable bonds is 4. The minimum absolute atomic E-state index is 0.600. The van der Waals surface area contributed by atoms with Gasteiger partial charge in [-0.15, -0.1) is 0 Å². The molecule has 0 radical (unpaired) electrons. The first kappa shape index (κ1) is 15.6. The summed E-state index contributed by atoms with van der Waals surface area (Å²) >= 11 is 0. The van der Waals surface area contributed by atoms with Crippen LogP contribution in [0.25, 0.3) is 0 Å². The molecule has 3 rings (SSSR count). The number of anilines is 3. The molecular weight excluding hydrogens is 290 g/mol. The Labute approximate surface area is 137 Å². The van der Waals surface area contributed by atoms with Gasteiger partial charge in [-0.3, -0.25) is 0 Å². The Bertz CT molecular complexity index is 668. The first-order chi connectivity index (χ1) is 11.2. The van der Waals surface area contributed by atoms with Crippen LogP contribution in [-0.4, -0.2) is 55.2 Å². The van der Waals surface area contributed by atoms with E-state index in [4.69, 9.17) is 4.74 Å². The van der Waals surface area contributed by atoms with Gasteiger partial charge in [-0.25, -0.2) is 4.98 Å². The molecule has 1 aromatic carbocycles. The van der Waals surface area contributed by atoms with Gasteiger partial charge in [-0.2, -0.15) is 4.98 Å². The predicted octanol–water partition coefficient (Wildman–Crippen LogP) is 2.29. The third-order valence-electron chi connectivity index (χ3n) is 4.02. The summed E-state index contributed by atoms with van der Waals surface area (Å²) in [6.45, 7) is 6.08. The SMILES string of the molecule is COc1ccccc1Nc1nc(C)cc(N2CCN(C)CC2)n1. The molecule has 1 fully saturated rings. The maximum atomic E-state index is 5.37. The summed E-state index contributed by atoms with van der Waals surface area (Å²) in [6.07, 6.45) is 0. The fourth-order valence-corrected chi connectivity index (χ4v) is 2.67. The van der Waals surface area contributed by atoms with Gasteiger partial charge < -0.3 is 19.9 Å². The second kappa shape index (κ2) is 6.83. The molecule has 0 spiro atoms. The Kier molecular flexibility index (Phi) is 4.62. The Morgan fingerprint density at radius 2 is 1.83 bits per heavy atom. The van der Waals surface area contributed by atoms with E-state index >= 15 is 0 Å². The normalized spacial score (nSPS) is 15.5. The van der Waals surface area contributed by atoms with E-state index in [1.54, 1.807) is 7.11 Å². The van der Waals surface area contributed by atoms with Crippen LogP contribution in [0.5, 0.6) is 5.75 Å². The van der Waals surface area contributed by atoms with Gasteiger partial charge >= 0.3 is 0 Å². The number of hydrogen-bond donors (Lipinski definition) is 1.